The first-order chi connectivity index (χ1) is 23.9. The lowest BCUT2D eigenvalue weighted by Gasteiger charge is -2.48. The lowest BCUT2D eigenvalue weighted by atomic mass is 9.80. The molecule has 2 heterocycles. The first-order valence-electron chi connectivity index (χ1n) is 17.9. The molecular weight excluding hydrogens is 688 g/mol. The van der Waals surface area contributed by atoms with E-state index in [1.807, 2.05) is 0 Å². The van der Waals surface area contributed by atoms with Gasteiger partial charge in [-0.3, -0.25) is 0 Å². The SMILES string of the molecule is C[C@@H]1C[C@@H](NC(=O)OC(C)(C)C)C(O[C@H]2OC(CNC(=O)OC(C)(C)C)CCC2NC(=O)OC(C)(C)C)C(O)[C@H]1O[C@H]1OC(CO)[C@@H](O)[C@H](N)C1O. The lowest BCUT2D eigenvalue weighted by Crippen LogP contribution is -2.66. The van der Waals surface area contributed by atoms with Gasteiger partial charge in [-0.15, -0.1) is 0 Å². The molecule has 18 heteroatoms. The normalized spacial score (nSPS) is 35.9. The van der Waals surface area contributed by atoms with Gasteiger partial charge in [0.1, 0.15) is 47.3 Å². The van der Waals surface area contributed by atoms with Crippen LogP contribution >= 0.6 is 0 Å². The highest BCUT2D eigenvalue weighted by Crippen LogP contribution is 2.35. The van der Waals surface area contributed by atoms with Crippen molar-refractivity contribution in [3.05, 3.63) is 0 Å². The molecule has 2 aliphatic heterocycles. The molecule has 18 nitrogen and oxygen atoms in total. The molecule has 3 rings (SSSR count). The number of aliphatic hydroxyl groups is 4. The zero-order valence-electron chi connectivity index (χ0n) is 32.0. The first-order valence-corrected chi connectivity index (χ1v) is 17.9. The highest BCUT2D eigenvalue weighted by Gasteiger charge is 2.51. The summed E-state index contributed by atoms with van der Waals surface area (Å²) in [5.41, 5.74) is 3.62. The van der Waals surface area contributed by atoms with Gasteiger partial charge in [-0.25, -0.2) is 14.4 Å². The molecule has 0 aromatic heterocycles. The van der Waals surface area contributed by atoms with Gasteiger partial charge in [0.2, 0.25) is 0 Å². The monoisotopic (exact) mass is 750 g/mol. The predicted octanol–water partition coefficient (Wildman–Crippen LogP) is 0.740. The van der Waals surface area contributed by atoms with Gasteiger partial charge < -0.3 is 75.3 Å². The molecule has 0 aromatic rings. The van der Waals surface area contributed by atoms with Crippen LogP contribution in [0.1, 0.15) is 88.5 Å². The zero-order chi connectivity index (χ0) is 39.3. The van der Waals surface area contributed by atoms with Crippen molar-refractivity contribution in [2.45, 2.75) is 179 Å². The average Bonchev–Trinajstić information content (AvgIpc) is 2.98. The van der Waals surface area contributed by atoms with Gasteiger partial charge in [-0.1, -0.05) is 6.92 Å². The number of rotatable bonds is 9. The standard InChI is InChI=1S/C34H62N4O14/c1-16-13-19(38-31(45)52-34(8,9)10)26(24(42)25(16)48-28-23(41)21(35)22(40)20(15-39)47-28)49-27-18(37-30(44)51-33(5,6)7)12-11-17(46-27)14-36-29(43)50-32(2,3)4/h16-28,39-42H,11-15,35H2,1-10H3,(H,36,43)(H,37,44)(H,38,45)/t16-,17?,18?,19-,20?,21+,22-,23?,24?,25+,26?,27-,28-/m1/s1. The van der Waals surface area contributed by atoms with Crippen LogP contribution in [0.3, 0.4) is 0 Å². The van der Waals surface area contributed by atoms with Crippen molar-refractivity contribution in [3.63, 3.8) is 0 Å². The topological polar surface area (TPSA) is 259 Å². The molecule has 6 unspecified atom stereocenters. The molecule has 0 aromatic carbocycles. The summed E-state index contributed by atoms with van der Waals surface area (Å²) in [4.78, 5) is 38.3. The van der Waals surface area contributed by atoms with Crippen molar-refractivity contribution in [2.24, 2.45) is 11.7 Å². The molecule has 3 fully saturated rings. The number of ether oxygens (including phenoxy) is 7. The van der Waals surface area contributed by atoms with E-state index < -0.39 is 121 Å². The predicted molar refractivity (Wildman–Crippen MR) is 184 cm³/mol. The van der Waals surface area contributed by atoms with Crippen LogP contribution in [-0.2, 0) is 33.2 Å². The van der Waals surface area contributed by atoms with Crippen molar-refractivity contribution in [1.29, 1.82) is 0 Å². The van der Waals surface area contributed by atoms with Crippen LogP contribution in [0.4, 0.5) is 14.4 Å². The Hall–Kier alpha value is -2.55. The maximum Gasteiger partial charge on any atom is 0.408 e. The number of hydrogen-bond donors (Lipinski definition) is 8. The van der Waals surface area contributed by atoms with E-state index in [9.17, 15) is 34.8 Å². The molecule has 3 amide bonds. The van der Waals surface area contributed by atoms with Gasteiger partial charge in [0, 0.05) is 6.54 Å². The molecule has 0 bridgehead atoms. The van der Waals surface area contributed by atoms with E-state index in [1.165, 1.54) is 0 Å². The van der Waals surface area contributed by atoms with E-state index in [0.29, 0.717) is 12.8 Å². The number of carbonyl (C=O) groups excluding carboxylic acids is 3. The second-order valence-electron chi connectivity index (χ2n) is 16.8. The summed E-state index contributed by atoms with van der Waals surface area (Å²) >= 11 is 0. The summed E-state index contributed by atoms with van der Waals surface area (Å²) in [7, 11) is 0. The molecule has 3 aliphatic rings. The Balaban J connectivity index is 1.91. The van der Waals surface area contributed by atoms with E-state index in [2.05, 4.69) is 16.0 Å². The van der Waals surface area contributed by atoms with Crippen LogP contribution in [0.2, 0.25) is 0 Å². The fourth-order valence-electron chi connectivity index (χ4n) is 6.20. The maximum atomic E-state index is 13.0. The zero-order valence-corrected chi connectivity index (χ0v) is 32.0. The number of nitrogens with two attached hydrogens (primary N) is 1. The van der Waals surface area contributed by atoms with Crippen LogP contribution in [0, 0.1) is 5.92 Å². The Morgan fingerprint density at radius 2 is 1.23 bits per heavy atom. The smallest absolute Gasteiger partial charge is 0.408 e. The van der Waals surface area contributed by atoms with Crippen molar-refractivity contribution >= 4 is 18.3 Å². The first kappa shape index (κ1) is 43.9. The van der Waals surface area contributed by atoms with Crippen molar-refractivity contribution < 1.29 is 68.0 Å². The minimum absolute atomic E-state index is 0.0402. The Morgan fingerprint density at radius 1 is 0.712 bits per heavy atom. The molecule has 0 spiro atoms. The van der Waals surface area contributed by atoms with Crippen LogP contribution in [0.5, 0.6) is 0 Å². The summed E-state index contributed by atoms with van der Waals surface area (Å²) in [6, 6.07) is -2.90. The van der Waals surface area contributed by atoms with Crippen LogP contribution in [0.25, 0.3) is 0 Å². The third kappa shape index (κ3) is 13.1. The van der Waals surface area contributed by atoms with Gasteiger partial charge in [-0.2, -0.15) is 0 Å². The molecule has 0 radical (unpaired) electrons. The third-order valence-electron chi connectivity index (χ3n) is 8.51. The average molecular weight is 751 g/mol. The van der Waals surface area contributed by atoms with Gasteiger partial charge in [0.15, 0.2) is 12.6 Å². The highest BCUT2D eigenvalue weighted by molar-refractivity contribution is 5.69. The summed E-state index contributed by atoms with van der Waals surface area (Å²) in [5, 5.41) is 51.0. The summed E-state index contributed by atoms with van der Waals surface area (Å²) in [6.45, 7) is 16.6. The third-order valence-corrected chi connectivity index (χ3v) is 8.51. The largest absolute Gasteiger partial charge is 0.444 e. The molecule has 52 heavy (non-hydrogen) atoms. The lowest BCUT2D eigenvalue weighted by molar-refractivity contribution is -0.318. The van der Waals surface area contributed by atoms with Gasteiger partial charge >= 0.3 is 18.3 Å². The second-order valence-corrected chi connectivity index (χ2v) is 16.8. The number of nitrogens with one attached hydrogen (secondary N) is 3. The summed E-state index contributed by atoms with van der Waals surface area (Å²) < 4.78 is 40.8. The number of carbonyl (C=O) groups is 3. The molecule has 13 atom stereocenters. The van der Waals surface area contributed by atoms with Crippen LogP contribution in [-0.4, -0.2) is 142 Å². The molecular formula is C34H62N4O14. The van der Waals surface area contributed by atoms with Gasteiger partial charge in [-0.05, 0) is 87.5 Å². The number of alkyl carbamates (subject to hydrolysis) is 3. The quantitative estimate of drug-likeness (QED) is 0.151. The highest BCUT2D eigenvalue weighted by atomic mass is 16.7. The van der Waals surface area contributed by atoms with E-state index >= 15 is 0 Å². The molecule has 9 N–H and O–H groups in total. The minimum Gasteiger partial charge on any atom is -0.444 e. The number of hydrogen-bond acceptors (Lipinski definition) is 15. The van der Waals surface area contributed by atoms with E-state index in [-0.39, 0.29) is 13.0 Å². The van der Waals surface area contributed by atoms with Crippen molar-refractivity contribution in [1.82, 2.24) is 16.0 Å². The number of aliphatic hydroxyl groups excluding tert-OH is 4. The fraction of sp³-hybridized carbons (Fsp3) is 0.912. The van der Waals surface area contributed by atoms with E-state index in [0.717, 1.165) is 0 Å². The molecule has 2 saturated heterocycles. The van der Waals surface area contributed by atoms with Crippen molar-refractivity contribution in [3.8, 4) is 0 Å². The Morgan fingerprint density at radius 3 is 1.77 bits per heavy atom. The summed E-state index contributed by atoms with van der Waals surface area (Å²) in [5.74, 6) is -0.491. The van der Waals surface area contributed by atoms with Gasteiger partial charge in [0.25, 0.3) is 0 Å². The Labute approximate surface area is 305 Å². The number of amides is 3. The van der Waals surface area contributed by atoms with Crippen LogP contribution in [0.15, 0.2) is 0 Å². The summed E-state index contributed by atoms with van der Waals surface area (Å²) in [6.07, 6.45) is -12.5. The minimum atomic E-state index is -1.52. The van der Waals surface area contributed by atoms with Gasteiger partial charge in [0.05, 0.1) is 36.9 Å². The second kappa shape index (κ2) is 17.7. The van der Waals surface area contributed by atoms with Crippen molar-refractivity contribution in [2.75, 3.05) is 13.2 Å². The van der Waals surface area contributed by atoms with E-state index in [1.54, 1.807) is 69.2 Å². The maximum absolute atomic E-state index is 13.0. The Bertz CT molecular complexity index is 1190. The molecule has 1 saturated carbocycles. The molecule has 302 valence electrons. The Kier molecular flexibility index (Phi) is 14.9. The molecule has 1 aliphatic carbocycles. The van der Waals surface area contributed by atoms with Crippen LogP contribution < -0.4 is 21.7 Å². The fourth-order valence-corrected chi connectivity index (χ4v) is 6.20. The van der Waals surface area contributed by atoms with E-state index in [4.69, 9.17) is 38.9 Å².